The summed E-state index contributed by atoms with van der Waals surface area (Å²) in [6.07, 6.45) is 0. The molecule has 0 saturated carbocycles. The summed E-state index contributed by atoms with van der Waals surface area (Å²) in [5.41, 5.74) is 1.76. The van der Waals surface area contributed by atoms with Gasteiger partial charge in [-0.25, -0.2) is 9.78 Å². The van der Waals surface area contributed by atoms with Crippen LogP contribution in [0.25, 0.3) is 0 Å². The predicted molar refractivity (Wildman–Crippen MR) is 66.5 cm³/mol. The van der Waals surface area contributed by atoms with E-state index in [2.05, 4.69) is 15.4 Å². The molecule has 0 amide bonds. The van der Waals surface area contributed by atoms with E-state index in [1.165, 1.54) is 6.07 Å². The van der Waals surface area contributed by atoms with Gasteiger partial charge in [-0.2, -0.15) is 5.10 Å². The van der Waals surface area contributed by atoms with Crippen LogP contribution in [-0.2, 0) is 13.6 Å². The standard InChI is InChI=1S/C12H14N4O2/c1-8-6-11(15-16(8)2)13-7-9-4-3-5-10(14-9)12(17)18/h3-6H,7H2,1-2H3,(H,13,15)(H,17,18). The Labute approximate surface area is 104 Å². The third-order valence-corrected chi connectivity index (χ3v) is 2.59. The zero-order chi connectivity index (χ0) is 13.1. The van der Waals surface area contributed by atoms with E-state index in [1.54, 1.807) is 16.8 Å². The summed E-state index contributed by atoms with van der Waals surface area (Å²) in [6, 6.07) is 6.84. The molecule has 6 nitrogen and oxygen atoms in total. The first-order valence-electron chi connectivity index (χ1n) is 5.50. The molecule has 6 heteroatoms. The van der Waals surface area contributed by atoms with Crippen LogP contribution in [0.15, 0.2) is 24.3 Å². The lowest BCUT2D eigenvalue weighted by atomic mass is 10.3. The molecule has 0 spiro atoms. The van der Waals surface area contributed by atoms with Crippen molar-refractivity contribution in [2.24, 2.45) is 7.05 Å². The number of aromatic nitrogens is 3. The number of aromatic carboxylic acids is 1. The van der Waals surface area contributed by atoms with E-state index < -0.39 is 5.97 Å². The Morgan fingerprint density at radius 3 is 2.89 bits per heavy atom. The molecule has 0 aliphatic heterocycles. The van der Waals surface area contributed by atoms with E-state index in [1.807, 2.05) is 20.0 Å². The van der Waals surface area contributed by atoms with Crippen LogP contribution in [0.3, 0.4) is 0 Å². The van der Waals surface area contributed by atoms with Gasteiger partial charge < -0.3 is 10.4 Å². The average molecular weight is 246 g/mol. The average Bonchev–Trinajstić information content (AvgIpc) is 2.67. The van der Waals surface area contributed by atoms with E-state index in [4.69, 9.17) is 5.11 Å². The molecule has 18 heavy (non-hydrogen) atoms. The van der Waals surface area contributed by atoms with Gasteiger partial charge in [0.2, 0.25) is 0 Å². The summed E-state index contributed by atoms with van der Waals surface area (Å²) in [5.74, 6) is -0.275. The van der Waals surface area contributed by atoms with E-state index in [9.17, 15) is 4.79 Å². The number of nitrogens with one attached hydrogen (secondary N) is 1. The highest BCUT2D eigenvalue weighted by Crippen LogP contribution is 2.08. The summed E-state index contributed by atoms with van der Waals surface area (Å²) < 4.78 is 1.77. The Bertz CT molecular complexity index is 558. The van der Waals surface area contributed by atoms with Crippen LogP contribution in [0.1, 0.15) is 21.9 Å². The number of carboxylic acids is 1. The Morgan fingerprint density at radius 1 is 1.50 bits per heavy atom. The summed E-state index contributed by atoms with van der Waals surface area (Å²) >= 11 is 0. The molecule has 0 aliphatic carbocycles. The van der Waals surface area contributed by atoms with Gasteiger partial charge in [0.1, 0.15) is 11.5 Å². The van der Waals surface area contributed by atoms with Crippen LogP contribution in [0.2, 0.25) is 0 Å². The number of hydrogen-bond donors (Lipinski definition) is 2. The summed E-state index contributed by atoms with van der Waals surface area (Å²) in [7, 11) is 1.86. The highest BCUT2D eigenvalue weighted by molar-refractivity contribution is 5.85. The highest BCUT2D eigenvalue weighted by Gasteiger charge is 2.05. The van der Waals surface area contributed by atoms with E-state index >= 15 is 0 Å². The van der Waals surface area contributed by atoms with Gasteiger partial charge in [0.25, 0.3) is 0 Å². The first-order valence-corrected chi connectivity index (χ1v) is 5.50. The van der Waals surface area contributed by atoms with Gasteiger partial charge in [0.05, 0.1) is 12.2 Å². The van der Waals surface area contributed by atoms with E-state index in [0.29, 0.717) is 12.2 Å². The van der Waals surface area contributed by atoms with Crippen molar-refractivity contribution in [2.75, 3.05) is 5.32 Å². The quantitative estimate of drug-likeness (QED) is 0.853. The van der Waals surface area contributed by atoms with Crippen molar-refractivity contribution in [3.05, 3.63) is 41.3 Å². The fourth-order valence-electron chi connectivity index (χ4n) is 1.53. The molecule has 0 fully saturated rings. The zero-order valence-corrected chi connectivity index (χ0v) is 10.2. The number of hydrogen-bond acceptors (Lipinski definition) is 4. The molecular formula is C12H14N4O2. The fourth-order valence-corrected chi connectivity index (χ4v) is 1.53. The smallest absolute Gasteiger partial charge is 0.354 e. The second-order valence-electron chi connectivity index (χ2n) is 3.97. The summed E-state index contributed by atoms with van der Waals surface area (Å²) in [5, 5.41) is 16.2. The minimum absolute atomic E-state index is 0.0477. The number of carbonyl (C=O) groups is 1. The molecule has 0 bridgehead atoms. The third-order valence-electron chi connectivity index (χ3n) is 2.59. The van der Waals surface area contributed by atoms with Gasteiger partial charge in [0.15, 0.2) is 0 Å². The van der Waals surface area contributed by atoms with Crippen LogP contribution in [0.5, 0.6) is 0 Å². The Morgan fingerprint density at radius 2 is 2.28 bits per heavy atom. The van der Waals surface area contributed by atoms with Gasteiger partial charge >= 0.3 is 5.97 Å². The molecule has 2 heterocycles. The molecule has 0 aromatic carbocycles. The molecule has 0 aliphatic rings. The topological polar surface area (TPSA) is 80.0 Å². The molecule has 0 saturated heterocycles. The van der Waals surface area contributed by atoms with Crippen molar-refractivity contribution < 1.29 is 9.90 Å². The molecule has 0 radical (unpaired) electrons. The normalized spacial score (nSPS) is 10.3. The third kappa shape index (κ3) is 2.65. The number of carboxylic acid groups (broad SMARTS) is 1. The van der Waals surface area contributed by atoms with Crippen molar-refractivity contribution in [2.45, 2.75) is 13.5 Å². The van der Waals surface area contributed by atoms with Gasteiger partial charge in [-0.15, -0.1) is 0 Å². The van der Waals surface area contributed by atoms with Crippen molar-refractivity contribution in [3.63, 3.8) is 0 Å². The lowest BCUT2D eigenvalue weighted by molar-refractivity contribution is 0.0690. The number of pyridine rings is 1. The SMILES string of the molecule is Cc1cc(NCc2cccc(C(=O)O)n2)nn1C. The largest absolute Gasteiger partial charge is 0.477 e. The second-order valence-corrected chi connectivity index (χ2v) is 3.97. The van der Waals surface area contributed by atoms with Crippen LogP contribution >= 0.6 is 0 Å². The van der Waals surface area contributed by atoms with Gasteiger partial charge in [0, 0.05) is 18.8 Å². The van der Waals surface area contributed by atoms with Crippen molar-refractivity contribution in [1.82, 2.24) is 14.8 Å². The van der Waals surface area contributed by atoms with Crippen molar-refractivity contribution in [1.29, 1.82) is 0 Å². The second kappa shape index (κ2) is 4.87. The van der Waals surface area contributed by atoms with Crippen LogP contribution in [-0.4, -0.2) is 25.8 Å². The molecule has 0 unspecified atom stereocenters. The first-order chi connectivity index (χ1) is 8.56. The molecule has 2 aromatic heterocycles. The number of aryl methyl sites for hydroxylation is 2. The zero-order valence-electron chi connectivity index (χ0n) is 10.2. The molecular weight excluding hydrogens is 232 g/mol. The minimum Gasteiger partial charge on any atom is -0.477 e. The first kappa shape index (κ1) is 12.1. The highest BCUT2D eigenvalue weighted by atomic mass is 16.4. The van der Waals surface area contributed by atoms with Crippen molar-refractivity contribution >= 4 is 11.8 Å². The maximum absolute atomic E-state index is 10.8. The van der Waals surface area contributed by atoms with Crippen LogP contribution < -0.4 is 5.32 Å². The Hall–Kier alpha value is -2.37. The Balaban J connectivity index is 2.06. The van der Waals surface area contributed by atoms with Crippen molar-refractivity contribution in [3.8, 4) is 0 Å². The molecule has 2 aromatic rings. The molecule has 94 valence electrons. The molecule has 0 atom stereocenters. The number of nitrogens with zero attached hydrogens (tertiary/aromatic N) is 3. The van der Waals surface area contributed by atoms with Gasteiger partial charge in [-0.05, 0) is 19.1 Å². The Kier molecular flexibility index (Phi) is 3.27. The maximum Gasteiger partial charge on any atom is 0.354 e. The number of rotatable bonds is 4. The summed E-state index contributed by atoms with van der Waals surface area (Å²) in [6.45, 7) is 2.40. The van der Waals surface area contributed by atoms with E-state index in [0.717, 1.165) is 11.5 Å². The molecule has 2 rings (SSSR count). The minimum atomic E-state index is -1.02. The van der Waals surface area contributed by atoms with Crippen LogP contribution in [0.4, 0.5) is 5.82 Å². The monoisotopic (exact) mass is 246 g/mol. The van der Waals surface area contributed by atoms with Crippen LogP contribution in [0, 0.1) is 6.92 Å². The van der Waals surface area contributed by atoms with Gasteiger partial charge in [-0.1, -0.05) is 6.07 Å². The molecule has 2 N–H and O–H groups in total. The predicted octanol–water partition coefficient (Wildman–Crippen LogP) is 1.43. The number of anilines is 1. The van der Waals surface area contributed by atoms with E-state index in [-0.39, 0.29) is 5.69 Å². The lowest BCUT2D eigenvalue weighted by Crippen LogP contribution is -2.06. The van der Waals surface area contributed by atoms with Gasteiger partial charge in [-0.3, -0.25) is 4.68 Å². The summed E-state index contributed by atoms with van der Waals surface area (Å²) in [4.78, 5) is 14.8. The lowest BCUT2D eigenvalue weighted by Gasteiger charge is -2.03. The maximum atomic E-state index is 10.8. The fraction of sp³-hybridized carbons (Fsp3) is 0.250.